The van der Waals surface area contributed by atoms with Crippen LogP contribution in [0.15, 0.2) is 65.1 Å². The molecule has 0 fully saturated rings. The van der Waals surface area contributed by atoms with Gasteiger partial charge < -0.3 is 10.1 Å². The van der Waals surface area contributed by atoms with Gasteiger partial charge in [-0.1, -0.05) is 6.07 Å². The summed E-state index contributed by atoms with van der Waals surface area (Å²) in [4.78, 5) is 22.7. The van der Waals surface area contributed by atoms with Gasteiger partial charge in [-0.15, -0.1) is 11.3 Å². The number of ether oxygens (including phenoxy) is 1. The van der Waals surface area contributed by atoms with Gasteiger partial charge in [-0.3, -0.25) is 9.79 Å². The third-order valence-electron chi connectivity index (χ3n) is 3.99. The molecule has 6 heteroatoms. The van der Waals surface area contributed by atoms with Crippen LogP contribution in [0.4, 0.5) is 5.82 Å². The minimum atomic E-state index is -0.591. The molecule has 0 spiro atoms. The van der Waals surface area contributed by atoms with Crippen molar-refractivity contribution in [3.05, 3.63) is 76.1 Å². The Morgan fingerprint density at radius 1 is 1.12 bits per heavy atom. The molecule has 3 heterocycles. The van der Waals surface area contributed by atoms with E-state index in [4.69, 9.17) is 9.73 Å². The van der Waals surface area contributed by atoms with Gasteiger partial charge >= 0.3 is 0 Å². The lowest BCUT2D eigenvalue weighted by atomic mass is 10.0. The summed E-state index contributed by atoms with van der Waals surface area (Å²) in [5.74, 6) is 1.13. The van der Waals surface area contributed by atoms with E-state index in [2.05, 4.69) is 10.3 Å². The van der Waals surface area contributed by atoms with Gasteiger partial charge in [0.25, 0.3) is 5.91 Å². The Morgan fingerprint density at radius 3 is 2.68 bits per heavy atom. The molecule has 1 aromatic carbocycles. The largest absolute Gasteiger partial charge is 0.497 e. The zero-order chi connectivity index (χ0) is 17.2. The van der Waals surface area contributed by atoms with Gasteiger partial charge in [0.1, 0.15) is 11.6 Å². The molecule has 5 nitrogen and oxygen atoms in total. The first-order chi connectivity index (χ1) is 12.3. The zero-order valence-corrected chi connectivity index (χ0v) is 14.3. The normalized spacial score (nSPS) is 16.4. The highest BCUT2D eigenvalue weighted by Gasteiger charge is 2.28. The number of amides is 1. The Morgan fingerprint density at radius 2 is 1.96 bits per heavy atom. The quantitative estimate of drug-likeness (QED) is 0.784. The van der Waals surface area contributed by atoms with Crippen molar-refractivity contribution in [2.45, 2.75) is 6.04 Å². The third kappa shape index (κ3) is 2.92. The average molecular weight is 349 g/mol. The van der Waals surface area contributed by atoms with Gasteiger partial charge in [0.15, 0.2) is 6.04 Å². The molecule has 0 aliphatic carbocycles. The van der Waals surface area contributed by atoms with E-state index in [0.717, 1.165) is 27.5 Å². The average Bonchev–Trinajstić information content (AvgIpc) is 3.13. The molecule has 0 saturated carbocycles. The number of nitrogens with zero attached hydrogens (tertiary/aromatic N) is 2. The molecule has 1 unspecified atom stereocenters. The van der Waals surface area contributed by atoms with E-state index in [1.807, 2.05) is 53.9 Å². The van der Waals surface area contributed by atoms with Crippen molar-refractivity contribution < 1.29 is 9.53 Å². The van der Waals surface area contributed by atoms with E-state index in [-0.39, 0.29) is 5.91 Å². The van der Waals surface area contributed by atoms with Crippen LogP contribution in [0.25, 0.3) is 0 Å². The highest BCUT2D eigenvalue weighted by molar-refractivity contribution is 7.10. The lowest BCUT2D eigenvalue weighted by Crippen LogP contribution is -2.18. The molecule has 1 aliphatic heterocycles. The Balaban J connectivity index is 1.88. The van der Waals surface area contributed by atoms with Crippen molar-refractivity contribution in [1.82, 2.24) is 4.98 Å². The summed E-state index contributed by atoms with van der Waals surface area (Å²) in [7, 11) is 1.63. The third-order valence-corrected chi connectivity index (χ3v) is 4.91. The van der Waals surface area contributed by atoms with E-state index in [9.17, 15) is 4.79 Å². The van der Waals surface area contributed by atoms with Gasteiger partial charge in [-0.2, -0.15) is 0 Å². The van der Waals surface area contributed by atoms with Crippen LogP contribution < -0.4 is 10.1 Å². The molecule has 25 heavy (non-hydrogen) atoms. The Kier molecular flexibility index (Phi) is 4.03. The molecule has 0 bridgehead atoms. The molecule has 1 N–H and O–H groups in total. The molecule has 0 saturated heterocycles. The predicted molar refractivity (Wildman–Crippen MR) is 98.6 cm³/mol. The summed E-state index contributed by atoms with van der Waals surface area (Å²) in [6.07, 6.45) is 1.66. The highest BCUT2D eigenvalue weighted by atomic mass is 32.1. The second kappa shape index (κ2) is 6.49. The lowest BCUT2D eigenvalue weighted by Gasteiger charge is -2.10. The molecule has 1 atom stereocenters. The first-order valence-corrected chi connectivity index (χ1v) is 8.66. The molecular formula is C19H15N3O2S. The van der Waals surface area contributed by atoms with Crippen molar-refractivity contribution in [3.63, 3.8) is 0 Å². The van der Waals surface area contributed by atoms with Gasteiger partial charge in [0, 0.05) is 22.2 Å². The van der Waals surface area contributed by atoms with E-state index in [1.54, 1.807) is 13.3 Å². The molecule has 2 aromatic heterocycles. The number of nitrogens with one attached hydrogen (secondary N) is 1. The van der Waals surface area contributed by atoms with Crippen LogP contribution in [0.3, 0.4) is 0 Å². The number of methoxy groups -OCH3 is 1. The van der Waals surface area contributed by atoms with Crippen LogP contribution >= 0.6 is 11.3 Å². The number of pyridine rings is 1. The van der Waals surface area contributed by atoms with Gasteiger partial charge in [-0.25, -0.2) is 4.98 Å². The number of rotatable bonds is 3. The maximum Gasteiger partial charge on any atom is 0.255 e. The maximum absolute atomic E-state index is 12.7. The summed E-state index contributed by atoms with van der Waals surface area (Å²) in [6, 6.07) is 14.7. The fraction of sp³-hybridized carbons (Fsp3) is 0.105. The number of benzene rings is 1. The van der Waals surface area contributed by atoms with Crippen molar-refractivity contribution in [2.75, 3.05) is 12.4 Å². The van der Waals surface area contributed by atoms with Crippen LogP contribution in [0, 0.1) is 0 Å². The number of aliphatic imine (C=N–C) groups is 1. The number of thiophene rings is 1. The molecule has 3 aromatic rings. The summed E-state index contributed by atoms with van der Waals surface area (Å²) in [5, 5.41) is 4.85. The Bertz CT molecular complexity index is 934. The van der Waals surface area contributed by atoms with Crippen LogP contribution in [0.1, 0.15) is 22.0 Å². The van der Waals surface area contributed by atoms with Gasteiger partial charge in [-0.05, 0) is 47.8 Å². The number of carbonyl (C=O) groups excluding carboxylic acids is 1. The number of aromatic nitrogens is 1. The molecule has 1 aliphatic rings. The topological polar surface area (TPSA) is 63.6 Å². The monoisotopic (exact) mass is 349 g/mol. The van der Waals surface area contributed by atoms with Crippen LogP contribution in [-0.2, 0) is 4.79 Å². The van der Waals surface area contributed by atoms with Crippen LogP contribution in [0.5, 0.6) is 5.75 Å². The molecule has 4 rings (SSSR count). The lowest BCUT2D eigenvalue weighted by molar-refractivity contribution is -0.117. The van der Waals surface area contributed by atoms with E-state index >= 15 is 0 Å². The predicted octanol–water partition coefficient (Wildman–Crippen LogP) is 3.68. The van der Waals surface area contributed by atoms with Gasteiger partial charge in [0.2, 0.25) is 0 Å². The minimum absolute atomic E-state index is 0.175. The number of hydrogen-bond acceptors (Lipinski definition) is 5. The summed E-state index contributed by atoms with van der Waals surface area (Å²) >= 11 is 1.52. The number of hydrogen-bond donors (Lipinski definition) is 1. The first kappa shape index (κ1) is 15.5. The second-order valence-electron chi connectivity index (χ2n) is 5.51. The molecule has 1 amide bonds. The maximum atomic E-state index is 12.7. The SMILES string of the molecule is COc1ccc(C2=NC(c3cccs3)C(=O)Nc3ncccc32)cc1. The number of anilines is 1. The van der Waals surface area contributed by atoms with E-state index in [1.165, 1.54) is 11.3 Å². The van der Waals surface area contributed by atoms with E-state index in [0.29, 0.717) is 5.82 Å². The zero-order valence-electron chi connectivity index (χ0n) is 13.5. The molecule has 0 radical (unpaired) electrons. The molecule has 124 valence electrons. The second-order valence-corrected chi connectivity index (χ2v) is 6.49. The van der Waals surface area contributed by atoms with Crippen molar-refractivity contribution in [1.29, 1.82) is 0 Å². The minimum Gasteiger partial charge on any atom is -0.497 e. The Hall–Kier alpha value is -2.99. The highest BCUT2D eigenvalue weighted by Crippen LogP contribution is 2.31. The number of fused-ring (bicyclic) bond motifs is 1. The van der Waals surface area contributed by atoms with Crippen LogP contribution in [-0.4, -0.2) is 23.7 Å². The molecular weight excluding hydrogens is 334 g/mol. The summed E-state index contributed by atoms with van der Waals surface area (Å²) in [6.45, 7) is 0. The van der Waals surface area contributed by atoms with Gasteiger partial charge in [0.05, 0.1) is 12.8 Å². The fourth-order valence-electron chi connectivity index (χ4n) is 2.76. The van der Waals surface area contributed by atoms with Crippen LogP contribution in [0.2, 0.25) is 0 Å². The first-order valence-electron chi connectivity index (χ1n) is 7.78. The van der Waals surface area contributed by atoms with Crippen molar-refractivity contribution in [3.8, 4) is 5.75 Å². The number of carbonyl (C=O) groups is 1. The van der Waals surface area contributed by atoms with Crippen molar-refractivity contribution in [2.24, 2.45) is 4.99 Å². The smallest absolute Gasteiger partial charge is 0.255 e. The van der Waals surface area contributed by atoms with Crippen molar-refractivity contribution >= 4 is 28.8 Å². The fourth-order valence-corrected chi connectivity index (χ4v) is 3.52. The summed E-state index contributed by atoms with van der Waals surface area (Å²) in [5.41, 5.74) is 2.45. The summed E-state index contributed by atoms with van der Waals surface area (Å²) < 4.78 is 5.23. The standard InChI is InChI=1S/C19H15N3O2S/c1-24-13-8-6-12(7-9-13)16-14-4-2-10-20-18(14)22-19(23)17(21-16)15-5-3-11-25-15/h2-11,17H,1H3,(H,20,22,23). The van der Waals surface area contributed by atoms with E-state index < -0.39 is 6.04 Å². The Labute approximate surface area is 149 Å².